The Bertz CT molecular complexity index is 397. The Morgan fingerprint density at radius 2 is 2.39 bits per heavy atom. The van der Waals surface area contributed by atoms with Crippen molar-refractivity contribution in [3.63, 3.8) is 0 Å². The van der Waals surface area contributed by atoms with Crippen molar-refractivity contribution in [3.05, 3.63) is 18.0 Å². The van der Waals surface area contributed by atoms with Crippen LogP contribution in [0.15, 0.2) is 12.4 Å². The van der Waals surface area contributed by atoms with E-state index in [2.05, 4.69) is 22.4 Å². The van der Waals surface area contributed by atoms with E-state index in [9.17, 15) is 4.79 Å². The van der Waals surface area contributed by atoms with E-state index in [-0.39, 0.29) is 5.91 Å². The quantitative estimate of drug-likeness (QED) is 0.769. The fourth-order valence-corrected chi connectivity index (χ4v) is 2.02. The summed E-state index contributed by atoms with van der Waals surface area (Å²) < 4.78 is 1.76. The molecule has 0 bridgehead atoms. The van der Waals surface area contributed by atoms with E-state index in [4.69, 9.17) is 0 Å². The number of nitrogens with zero attached hydrogens (tertiary/aromatic N) is 3. The second-order valence-corrected chi connectivity index (χ2v) is 5.08. The Morgan fingerprint density at radius 1 is 1.61 bits per heavy atom. The number of likely N-dealkylation sites (N-methyl/N-ethyl adjacent to an activating group) is 1. The van der Waals surface area contributed by atoms with Crippen LogP contribution in [-0.4, -0.2) is 46.8 Å². The maximum Gasteiger partial charge on any atom is 0.220 e. The highest BCUT2D eigenvalue weighted by Gasteiger charge is 2.25. The summed E-state index contributed by atoms with van der Waals surface area (Å²) >= 11 is 0. The number of amides is 1. The van der Waals surface area contributed by atoms with Gasteiger partial charge in [-0.25, -0.2) is 0 Å². The van der Waals surface area contributed by atoms with Crippen molar-refractivity contribution >= 4 is 5.91 Å². The van der Waals surface area contributed by atoms with Gasteiger partial charge in [0, 0.05) is 38.8 Å². The molecular formula is C13H22N4O. The molecule has 0 atom stereocenters. The minimum atomic E-state index is 0.128. The first-order valence-electron chi connectivity index (χ1n) is 6.59. The molecule has 1 saturated carbocycles. The lowest BCUT2D eigenvalue weighted by Crippen LogP contribution is -2.34. The summed E-state index contributed by atoms with van der Waals surface area (Å²) in [6.45, 7) is 1.70. The van der Waals surface area contributed by atoms with Crippen LogP contribution in [0.5, 0.6) is 0 Å². The third kappa shape index (κ3) is 4.14. The molecule has 1 heterocycles. The van der Waals surface area contributed by atoms with Crippen molar-refractivity contribution in [2.45, 2.75) is 31.7 Å². The molecule has 1 amide bonds. The molecule has 0 unspecified atom stereocenters. The monoisotopic (exact) mass is 250 g/mol. The van der Waals surface area contributed by atoms with E-state index in [1.807, 2.05) is 19.4 Å². The zero-order valence-corrected chi connectivity index (χ0v) is 11.2. The fourth-order valence-electron chi connectivity index (χ4n) is 2.02. The van der Waals surface area contributed by atoms with E-state index in [1.54, 1.807) is 4.68 Å². The molecule has 1 fully saturated rings. The molecule has 0 aliphatic heterocycles. The molecule has 18 heavy (non-hydrogen) atoms. The minimum Gasteiger partial charge on any atom is -0.355 e. The Morgan fingerprint density at radius 3 is 3.00 bits per heavy atom. The van der Waals surface area contributed by atoms with Gasteiger partial charge in [-0.3, -0.25) is 9.48 Å². The van der Waals surface area contributed by atoms with Crippen molar-refractivity contribution in [3.8, 4) is 0 Å². The Hall–Kier alpha value is -1.36. The van der Waals surface area contributed by atoms with Crippen molar-refractivity contribution in [1.29, 1.82) is 0 Å². The molecule has 100 valence electrons. The largest absolute Gasteiger partial charge is 0.355 e. The predicted octanol–water partition coefficient (Wildman–Crippen LogP) is 0.563. The molecule has 0 saturated heterocycles. The first kappa shape index (κ1) is 13.1. The number of aromatic nitrogens is 2. The smallest absolute Gasteiger partial charge is 0.220 e. The lowest BCUT2D eigenvalue weighted by Gasteiger charge is -2.15. The SMILES string of the molecule is CN(CCNC(=O)CCc1cnn(C)c1)C1CC1. The van der Waals surface area contributed by atoms with Gasteiger partial charge >= 0.3 is 0 Å². The van der Waals surface area contributed by atoms with Crippen molar-refractivity contribution < 1.29 is 4.79 Å². The van der Waals surface area contributed by atoms with Crippen LogP contribution in [0.1, 0.15) is 24.8 Å². The van der Waals surface area contributed by atoms with Gasteiger partial charge in [0.1, 0.15) is 0 Å². The number of nitrogens with one attached hydrogen (secondary N) is 1. The van der Waals surface area contributed by atoms with Crippen LogP contribution < -0.4 is 5.32 Å². The summed E-state index contributed by atoms with van der Waals surface area (Å²) in [4.78, 5) is 14.0. The van der Waals surface area contributed by atoms with Crippen LogP contribution >= 0.6 is 0 Å². The molecule has 1 aliphatic carbocycles. The zero-order valence-electron chi connectivity index (χ0n) is 11.2. The molecule has 2 rings (SSSR count). The van der Waals surface area contributed by atoms with Crippen molar-refractivity contribution in [1.82, 2.24) is 20.0 Å². The molecule has 1 aromatic rings. The van der Waals surface area contributed by atoms with Gasteiger partial charge in [0.15, 0.2) is 0 Å². The second-order valence-electron chi connectivity index (χ2n) is 5.08. The molecule has 0 spiro atoms. The van der Waals surface area contributed by atoms with Gasteiger partial charge in [0.05, 0.1) is 6.20 Å². The van der Waals surface area contributed by atoms with E-state index in [0.29, 0.717) is 6.42 Å². The number of hydrogen-bond donors (Lipinski definition) is 1. The molecule has 5 heteroatoms. The van der Waals surface area contributed by atoms with Gasteiger partial charge < -0.3 is 10.2 Å². The Kier molecular flexibility index (Phi) is 4.36. The van der Waals surface area contributed by atoms with Crippen LogP contribution in [0.3, 0.4) is 0 Å². The molecule has 0 radical (unpaired) electrons. The van der Waals surface area contributed by atoms with Crippen molar-refractivity contribution in [2.75, 3.05) is 20.1 Å². The standard InChI is InChI=1S/C13H22N4O/c1-16(12-4-5-12)8-7-14-13(18)6-3-11-9-15-17(2)10-11/h9-10,12H,3-8H2,1-2H3,(H,14,18). The fraction of sp³-hybridized carbons (Fsp3) is 0.692. The highest BCUT2D eigenvalue weighted by atomic mass is 16.1. The lowest BCUT2D eigenvalue weighted by atomic mass is 10.2. The zero-order chi connectivity index (χ0) is 13.0. The normalized spacial score (nSPS) is 15.1. The highest BCUT2D eigenvalue weighted by Crippen LogP contribution is 2.24. The number of aryl methyl sites for hydroxylation is 2. The van der Waals surface area contributed by atoms with E-state index in [0.717, 1.165) is 31.1 Å². The van der Waals surface area contributed by atoms with E-state index < -0.39 is 0 Å². The lowest BCUT2D eigenvalue weighted by molar-refractivity contribution is -0.121. The number of rotatable bonds is 7. The van der Waals surface area contributed by atoms with E-state index >= 15 is 0 Å². The first-order chi connectivity index (χ1) is 8.65. The Balaban J connectivity index is 1.57. The molecule has 5 nitrogen and oxygen atoms in total. The van der Waals surface area contributed by atoms with Crippen LogP contribution in [0, 0.1) is 0 Å². The van der Waals surface area contributed by atoms with Crippen LogP contribution in [-0.2, 0) is 18.3 Å². The first-order valence-corrected chi connectivity index (χ1v) is 6.59. The molecule has 1 aromatic heterocycles. The molecular weight excluding hydrogens is 228 g/mol. The maximum absolute atomic E-state index is 11.6. The highest BCUT2D eigenvalue weighted by molar-refractivity contribution is 5.76. The molecule has 1 N–H and O–H groups in total. The van der Waals surface area contributed by atoms with Gasteiger partial charge in [-0.2, -0.15) is 5.10 Å². The molecule has 0 aromatic carbocycles. The number of carbonyl (C=O) groups excluding carboxylic acids is 1. The number of hydrogen-bond acceptors (Lipinski definition) is 3. The molecule has 1 aliphatic rings. The summed E-state index contributed by atoms with van der Waals surface area (Å²) in [5.74, 6) is 0.128. The average Bonchev–Trinajstić information content (AvgIpc) is 3.10. The minimum absolute atomic E-state index is 0.128. The van der Waals surface area contributed by atoms with Gasteiger partial charge in [-0.05, 0) is 31.9 Å². The summed E-state index contributed by atoms with van der Waals surface area (Å²) in [6.07, 6.45) is 7.69. The number of carbonyl (C=O) groups is 1. The summed E-state index contributed by atoms with van der Waals surface area (Å²) in [6, 6.07) is 0.761. The summed E-state index contributed by atoms with van der Waals surface area (Å²) in [5.41, 5.74) is 1.11. The van der Waals surface area contributed by atoms with Crippen LogP contribution in [0.25, 0.3) is 0 Å². The average molecular weight is 250 g/mol. The van der Waals surface area contributed by atoms with Gasteiger partial charge in [0.25, 0.3) is 0 Å². The Labute approximate surface area is 108 Å². The third-order valence-corrected chi connectivity index (χ3v) is 3.36. The summed E-state index contributed by atoms with van der Waals surface area (Å²) in [7, 11) is 4.01. The second kappa shape index (κ2) is 6.00. The summed E-state index contributed by atoms with van der Waals surface area (Å²) in [5, 5.41) is 7.05. The predicted molar refractivity (Wildman–Crippen MR) is 70.2 cm³/mol. The van der Waals surface area contributed by atoms with Crippen LogP contribution in [0.4, 0.5) is 0 Å². The topological polar surface area (TPSA) is 50.2 Å². The van der Waals surface area contributed by atoms with Gasteiger partial charge in [-0.1, -0.05) is 0 Å². The third-order valence-electron chi connectivity index (χ3n) is 3.36. The van der Waals surface area contributed by atoms with Crippen molar-refractivity contribution in [2.24, 2.45) is 7.05 Å². The van der Waals surface area contributed by atoms with E-state index in [1.165, 1.54) is 12.8 Å². The van der Waals surface area contributed by atoms with Crippen LogP contribution in [0.2, 0.25) is 0 Å². The van der Waals surface area contributed by atoms with Gasteiger partial charge in [-0.15, -0.1) is 0 Å². The van der Waals surface area contributed by atoms with Gasteiger partial charge in [0.2, 0.25) is 5.91 Å². The maximum atomic E-state index is 11.6.